The monoisotopic (exact) mass is 388 g/mol. The number of morpholine rings is 1. The molecule has 1 amide bonds. The Labute approximate surface area is 168 Å². The van der Waals surface area contributed by atoms with Gasteiger partial charge in [-0.15, -0.1) is 12.4 Å². The minimum absolute atomic E-state index is 0. The highest BCUT2D eigenvalue weighted by molar-refractivity contribution is 5.94. The van der Waals surface area contributed by atoms with Gasteiger partial charge in [-0.25, -0.2) is 0 Å². The molecule has 4 nitrogen and oxygen atoms in total. The van der Waals surface area contributed by atoms with E-state index in [0.29, 0.717) is 25.2 Å². The van der Waals surface area contributed by atoms with Crippen molar-refractivity contribution in [2.45, 2.75) is 39.5 Å². The molecule has 2 N–H and O–H groups in total. The SMILES string of the molecule is CC(C)(C)[C@H]1CN(C(=O)c2ccc(CN)cc2)C[C@@H](c2ccccc2)O1.Cl. The van der Waals surface area contributed by atoms with E-state index < -0.39 is 0 Å². The Balaban J connectivity index is 0.00000261. The molecule has 2 aromatic carbocycles. The fourth-order valence-corrected chi connectivity index (χ4v) is 3.22. The first-order valence-electron chi connectivity index (χ1n) is 9.17. The molecule has 1 saturated heterocycles. The van der Waals surface area contributed by atoms with Gasteiger partial charge in [0.05, 0.1) is 12.6 Å². The van der Waals surface area contributed by atoms with E-state index in [2.05, 4.69) is 32.9 Å². The van der Waals surface area contributed by atoms with E-state index in [1.54, 1.807) is 0 Å². The molecule has 0 spiro atoms. The third-order valence-corrected chi connectivity index (χ3v) is 4.96. The number of hydrogen-bond donors (Lipinski definition) is 1. The summed E-state index contributed by atoms with van der Waals surface area (Å²) in [5.74, 6) is 0.0482. The standard InChI is InChI=1S/C22H28N2O2.ClH/c1-22(2,3)20-15-24(14-19(26-20)17-7-5-4-6-8-17)21(25)18-11-9-16(13-23)10-12-18;/h4-12,19-20H,13-15,23H2,1-3H3;1H/t19-,20+;/m0./s1. The van der Waals surface area contributed by atoms with E-state index in [1.165, 1.54) is 0 Å². The first-order valence-corrected chi connectivity index (χ1v) is 9.17. The molecule has 146 valence electrons. The van der Waals surface area contributed by atoms with Gasteiger partial charge < -0.3 is 15.4 Å². The number of hydrogen-bond acceptors (Lipinski definition) is 3. The zero-order valence-electron chi connectivity index (χ0n) is 16.2. The van der Waals surface area contributed by atoms with Gasteiger partial charge in [0.15, 0.2) is 0 Å². The molecule has 0 aromatic heterocycles. The summed E-state index contributed by atoms with van der Waals surface area (Å²) < 4.78 is 6.38. The molecule has 3 rings (SSSR count). The largest absolute Gasteiger partial charge is 0.366 e. The summed E-state index contributed by atoms with van der Waals surface area (Å²) in [7, 11) is 0. The van der Waals surface area contributed by atoms with Gasteiger partial charge in [0.25, 0.3) is 5.91 Å². The van der Waals surface area contributed by atoms with Crippen LogP contribution in [0.15, 0.2) is 54.6 Å². The van der Waals surface area contributed by atoms with Gasteiger partial charge in [0.1, 0.15) is 6.10 Å². The highest BCUT2D eigenvalue weighted by atomic mass is 35.5. The molecule has 0 radical (unpaired) electrons. The van der Waals surface area contributed by atoms with Crippen LogP contribution in [0, 0.1) is 5.41 Å². The van der Waals surface area contributed by atoms with Gasteiger partial charge in [0, 0.05) is 18.7 Å². The summed E-state index contributed by atoms with van der Waals surface area (Å²) in [5, 5.41) is 0. The number of rotatable bonds is 3. The number of nitrogens with zero attached hydrogens (tertiary/aromatic N) is 1. The Bertz CT molecular complexity index is 741. The van der Waals surface area contributed by atoms with E-state index in [4.69, 9.17) is 10.5 Å². The molecule has 2 aromatic rings. The van der Waals surface area contributed by atoms with Crippen molar-refractivity contribution in [3.8, 4) is 0 Å². The van der Waals surface area contributed by atoms with Crippen LogP contribution >= 0.6 is 12.4 Å². The predicted octanol–water partition coefficient (Wildman–Crippen LogP) is 4.20. The maximum atomic E-state index is 13.1. The van der Waals surface area contributed by atoms with Gasteiger partial charge in [-0.3, -0.25) is 4.79 Å². The molecular formula is C22H29ClN2O2. The quantitative estimate of drug-likeness (QED) is 0.857. The molecule has 0 bridgehead atoms. The Morgan fingerprint density at radius 1 is 1.07 bits per heavy atom. The van der Waals surface area contributed by atoms with Gasteiger partial charge in [-0.1, -0.05) is 63.2 Å². The van der Waals surface area contributed by atoms with Crippen LogP contribution in [0.25, 0.3) is 0 Å². The van der Waals surface area contributed by atoms with E-state index in [0.717, 1.165) is 11.1 Å². The lowest BCUT2D eigenvalue weighted by Gasteiger charge is -2.43. The third-order valence-electron chi connectivity index (χ3n) is 4.96. The zero-order chi connectivity index (χ0) is 18.7. The van der Waals surface area contributed by atoms with E-state index in [9.17, 15) is 4.79 Å². The van der Waals surface area contributed by atoms with Gasteiger partial charge in [-0.05, 0) is 28.7 Å². The number of carbonyl (C=O) groups excluding carboxylic acids is 1. The summed E-state index contributed by atoms with van der Waals surface area (Å²) in [5.41, 5.74) is 8.44. The van der Waals surface area contributed by atoms with Crippen molar-refractivity contribution in [2.75, 3.05) is 13.1 Å². The number of carbonyl (C=O) groups is 1. The van der Waals surface area contributed by atoms with E-state index >= 15 is 0 Å². The van der Waals surface area contributed by atoms with Crippen molar-refractivity contribution >= 4 is 18.3 Å². The first kappa shape index (κ1) is 21.4. The summed E-state index contributed by atoms with van der Waals surface area (Å²) in [6.07, 6.45) is -0.129. The summed E-state index contributed by atoms with van der Waals surface area (Å²) in [6, 6.07) is 17.7. The van der Waals surface area contributed by atoms with E-state index in [1.807, 2.05) is 47.4 Å². The van der Waals surface area contributed by atoms with Crippen LogP contribution in [-0.4, -0.2) is 30.0 Å². The molecule has 0 saturated carbocycles. The van der Waals surface area contributed by atoms with E-state index in [-0.39, 0.29) is 35.9 Å². The summed E-state index contributed by atoms with van der Waals surface area (Å²) in [6.45, 7) is 8.11. The van der Waals surface area contributed by atoms with Crippen molar-refractivity contribution in [1.29, 1.82) is 0 Å². The van der Waals surface area contributed by atoms with Crippen molar-refractivity contribution in [2.24, 2.45) is 11.1 Å². The lowest BCUT2D eigenvalue weighted by molar-refractivity contribution is -0.119. The molecule has 2 atom stereocenters. The van der Waals surface area contributed by atoms with Crippen LogP contribution in [0.5, 0.6) is 0 Å². The lowest BCUT2D eigenvalue weighted by atomic mass is 9.87. The second kappa shape index (κ2) is 8.87. The molecule has 0 unspecified atom stereocenters. The summed E-state index contributed by atoms with van der Waals surface area (Å²) >= 11 is 0. The Hall–Kier alpha value is -1.88. The molecule has 1 heterocycles. The number of ether oxygens (including phenoxy) is 1. The molecule has 5 heteroatoms. The zero-order valence-corrected chi connectivity index (χ0v) is 17.0. The molecule has 1 aliphatic heterocycles. The van der Waals surface area contributed by atoms with Crippen molar-refractivity contribution in [1.82, 2.24) is 4.90 Å². The predicted molar refractivity (Wildman–Crippen MR) is 111 cm³/mol. The highest BCUT2D eigenvalue weighted by Gasteiger charge is 2.37. The van der Waals surface area contributed by atoms with Crippen molar-refractivity contribution in [3.63, 3.8) is 0 Å². The lowest BCUT2D eigenvalue weighted by Crippen LogP contribution is -2.51. The minimum Gasteiger partial charge on any atom is -0.366 e. The van der Waals surface area contributed by atoms with Crippen LogP contribution in [0.1, 0.15) is 48.4 Å². The second-order valence-electron chi connectivity index (χ2n) is 8.00. The topological polar surface area (TPSA) is 55.6 Å². The highest BCUT2D eigenvalue weighted by Crippen LogP contribution is 2.34. The molecule has 27 heavy (non-hydrogen) atoms. The Morgan fingerprint density at radius 2 is 1.70 bits per heavy atom. The Morgan fingerprint density at radius 3 is 2.26 bits per heavy atom. The van der Waals surface area contributed by atoms with Gasteiger partial charge in [-0.2, -0.15) is 0 Å². The number of nitrogens with two attached hydrogens (primary N) is 1. The van der Waals surface area contributed by atoms with Gasteiger partial charge in [0.2, 0.25) is 0 Å². The first-order chi connectivity index (χ1) is 12.4. The average molecular weight is 389 g/mol. The van der Waals surface area contributed by atoms with Crippen LogP contribution in [-0.2, 0) is 11.3 Å². The normalized spacial score (nSPS) is 20.1. The number of halogens is 1. The van der Waals surface area contributed by atoms with Gasteiger partial charge >= 0.3 is 0 Å². The maximum absolute atomic E-state index is 13.1. The molecule has 1 fully saturated rings. The molecular weight excluding hydrogens is 360 g/mol. The molecule has 1 aliphatic rings. The minimum atomic E-state index is -0.110. The molecule has 0 aliphatic carbocycles. The van der Waals surface area contributed by atoms with Crippen LogP contribution in [0.3, 0.4) is 0 Å². The van der Waals surface area contributed by atoms with Crippen LogP contribution in [0.4, 0.5) is 0 Å². The maximum Gasteiger partial charge on any atom is 0.254 e. The van der Waals surface area contributed by atoms with Crippen LogP contribution < -0.4 is 5.73 Å². The summed E-state index contributed by atoms with van der Waals surface area (Å²) in [4.78, 5) is 15.0. The second-order valence-corrected chi connectivity index (χ2v) is 8.00. The van der Waals surface area contributed by atoms with Crippen molar-refractivity contribution < 1.29 is 9.53 Å². The third kappa shape index (κ3) is 5.10. The van der Waals surface area contributed by atoms with Crippen molar-refractivity contribution in [3.05, 3.63) is 71.3 Å². The number of amides is 1. The average Bonchev–Trinajstić information content (AvgIpc) is 2.67. The fraction of sp³-hybridized carbons (Fsp3) is 0.409. The smallest absolute Gasteiger partial charge is 0.254 e. The number of benzene rings is 2. The fourth-order valence-electron chi connectivity index (χ4n) is 3.22. The van der Waals surface area contributed by atoms with Crippen LogP contribution in [0.2, 0.25) is 0 Å². The Kier molecular flexibility index (Phi) is 7.04.